The molecule has 1 aliphatic rings. The minimum Gasteiger partial charge on any atom is -0.228 e. The van der Waals surface area contributed by atoms with Crippen LogP contribution in [0.3, 0.4) is 0 Å². The highest BCUT2D eigenvalue weighted by Crippen LogP contribution is 2.51. The van der Waals surface area contributed by atoms with Gasteiger partial charge in [-0.1, -0.05) is 172 Å². The summed E-state index contributed by atoms with van der Waals surface area (Å²) in [7, 11) is 0. The molecule has 0 amide bonds. The molecule has 53 heavy (non-hydrogen) atoms. The monoisotopic (exact) mass is 676 g/mol. The number of fused-ring (bicyclic) bond motifs is 5. The summed E-state index contributed by atoms with van der Waals surface area (Å²) < 4.78 is 0. The fourth-order valence-electron chi connectivity index (χ4n) is 8.38. The summed E-state index contributed by atoms with van der Waals surface area (Å²) in [6, 6.07) is 65.4. The van der Waals surface area contributed by atoms with E-state index in [1.807, 2.05) is 18.2 Å². The molecular formula is C51H36N2. The van der Waals surface area contributed by atoms with Crippen LogP contribution in [0.15, 0.2) is 182 Å². The standard InChI is InChI=1S/C51H36N2/c1-51(2)46-31-37(25-26-42(46)45-29-35-19-9-10-20-36(35)30-47(45)51)39-27-28-44(41-23-13-12-22-40(39)41)49-32-48(52-50(53-49)34-17-7-4-8-18-34)43-24-14-11-21-38(43)33-15-5-3-6-16-33/h3-32H,1-2H3. The zero-order valence-electron chi connectivity index (χ0n) is 29.7. The fraction of sp³-hybridized carbons (Fsp3) is 0.0588. The molecule has 1 aliphatic carbocycles. The fourth-order valence-corrected chi connectivity index (χ4v) is 8.38. The van der Waals surface area contributed by atoms with Gasteiger partial charge in [0.2, 0.25) is 0 Å². The Hall–Kier alpha value is -6.64. The Bertz CT molecular complexity index is 2850. The molecule has 0 atom stereocenters. The molecule has 0 saturated heterocycles. The van der Waals surface area contributed by atoms with Gasteiger partial charge in [0.1, 0.15) is 0 Å². The number of hydrogen-bond acceptors (Lipinski definition) is 2. The van der Waals surface area contributed by atoms with Gasteiger partial charge in [-0.25, -0.2) is 9.97 Å². The van der Waals surface area contributed by atoms with Crippen molar-refractivity contribution in [3.63, 3.8) is 0 Å². The zero-order chi connectivity index (χ0) is 35.5. The van der Waals surface area contributed by atoms with Crippen molar-refractivity contribution in [1.29, 1.82) is 0 Å². The maximum absolute atomic E-state index is 5.26. The molecule has 9 aromatic rings. The molecule has 0 fully saturated rings. The van der Waals surface area contributed by atoms with Crippen LogP contribution in [0.1, 0.15) is 25.0 Å². The number of rotatable bonds is 5. The van der Waals surface area contributed by atoms with E-state index < -0.39 is 0 Å². The van der Waals surface area contributed by atoms with Gasteiger partial charge in [0.15, 0.2) is 5.82 Å². The van der Waals surface area contributed by atoms with Crippen LogP contribution in [0.2, 0.25) is 0 Å². The second-order valence-electron chi connectivity index (χ2n) is 14.6. The van der Waals surface area contributed by atoms with Crippen molar-refractivity contribution >= 4 is 21.5 Å². The van der Waals surface area contributed by atoms with Crippen molar-refractivity contribution in [2.75, 3.05) is 0 Å². The second kappa shape index (κ2) is 12.3. The molecule has 0 N–H and O–H groups in total. The molecule has 2 nitrogen and oxygen atoms in total. The summed E-state index contributed by atoms with van der Waals surface area (Å²) in [5, 5.41) is 4.95. The normalized spacial score (nSPS) is 12.9. The maximum Gasteiger partial charge on any atom is 0.160 e. The number of aromatic nitrogens is 2. The zero-order valence-corrected chi connectivity index (χ0v) is 29.7. The van der Waals surface area contributed by atoms with Gasteiger partial charge in [0.25, 0.3) is 0 Å². The lowest BCUT2D eigenvalue weighted by atomic mass is 9.81. The first-order chi connectivity index (χ1) is 26.0. The Morgan fingerprint density at radius 3 is 1.60 bits per heavy atom. The molecule has 0 bridgehead atoms. The Morgan fingerprint density at radius 1 is 0.340 bits per heavy atom. The Labute approximate surface area is 310 Å². The molecule has 0 radical (unpaired) electrons. The van der Waals surface area contributed by atoms with Crippen molar-refractivity contribution in [3.8, 4) is 67.3 Å². The molecule has 0 spiro atoms. The van der Waals surface area contributed by atoms with E-state index in [-0.39, 0.29) is 5.41 Å². The Balaban J connectivity index is 1.13. The molecule has 0 unspecified atom stereocenters. The third kappa shape index (κ3) is 5.18. The van der Waals surface area contributed by atoms with Gasteiger partial charge in [-0.05, 0) is 90.3 Å². The summed E-state index contributed by atoms with van der Waals surface area (Å²) in [5.74, 6) is 0.710. The largest absolute Gasteiger partial charge is 0.228 e. The third-order valence-electron chi connectivity index (χ3n) is 11.1. The Morgan fingerprint density at radius 2 is 0.868 bits per heavy atom. The molecule has 250 valence electrons. The quantitative estimate of drug-likeness (QED) is 0.181. The highest BCUT2D eigenvalue weighted by Gasteiger charge is 2.36. The van der Waals surface area contributed by atoms with Gasteiger partial charge in [-0.15, -0.1) is 0 Å². The minimum absolute atomic E-state index is 0.109. The van der Waals surface area contributed by atoms with Crippen molar-refractivity contribution in [2.45, 2.75) is 19.3 Å². The summed E-state index contributed by atoms with van der Waals surface area (Å²) >= 11 is 0. The summed E-state index contributed by atoms with van der Waals surface area (Å²) in [6.45, 7) is 4.73. The van der Waals surface area contributed by atoms with E-state index in [2.05, 4.69) is 178 Å². The van der Waals surface area contributed by atoms with Crippen LogP contribution in [-0.4, -0.2) is 9.97 Å². The van der Waals surface area contributed by atoms with E-state index in [0.717, 1.165) is 39.2 Å². The van der Waals surface area contributed by atoms with Crippen molar-refractivity contribution in [2.24, 2.45) is 0 Å². The van der Waals surface area contributed by atoms with Crippen molar-refractivity contribution in [3.05, 3.63) is 193 Å². The average Bonchev–Trinajstić information content (AvgIpc) is 3.44. The number of nitrogens with zero attached hydrogens (tertiary/aromatic N) is 2. The molecule has 2 heteroatoms. The lowest BCUT2D eigenvalue weighted by molar-refractivity contribution is 0.661. The SMILES string of the molecule is CC1(C)c2cc(-c3ccc(-c4cc(-c5ccccc5-c5ccccc5)nc(-c5ccccc5)n4)c4ccccc34)ccc2-c2cc3ccccc3cc21. The lowest BCUT2D eigenvalue weighted by Crippen LogP contribution is -2.15. The van der Waals surface area contributed by atoms with E-state index >= 15 is 0 Å². The van der Waals surface area contributed by atoms with Crippen molar-refractivity contribution in [1.82, 2.24) is 9.97 Å². The first-order valence-electron chi connectivity index (χ1n) is 18.3. The second-order valence-corrected chi connectivity index (χ2v) is 14.6. The van der Waals surface area contributed by atoms with Gasteiger partial charge in [0.05, 0.1) is 11.4 Å². The minimum atomic E-state index is -0.109. The number of benzene rings is 8. The summed E-state index contributed by atoms with van der Waals surface area (Å²) in [6.07, 6.45) is 0. The van der Waals surface area contributed by atoms with Gasteiger partial charge in [-0.3, -0.25) is 0 Å². The molecule has 10 rings (SSSR count). The van der Waals surface area contributed by atoms with Crippen LogP contribution >= 0.6 is 0 Å². The summed E-state index contributed by atoms with van der Waals surface area (Å²) in [4.78, 5) is 10.5. The van der Waals surface area contributed by atoms with Gasteiger partial charge in [-0.2, -0.15) is 0 Å². The maximum atomic E-state index is 5.26. The first kappa shape index (κ1) is 31.1. The molecule has 1 heterocycles. The molecule has 8 aromatic carbocycles. The van der Waals surface area contributed by atoms with Gasteiger partial charge >= 0.3 is 0 Å². The van der Waals surface area contributed by atoms with Crippen LogP contribution in [-0.2, 0) is 5.41 Å². The van der Waals surface area contributed by atoms with E-state index in [9.17, 15) is 0 Å². The van der Waals surface area contributed by atoms with Crippen LogP contribution in [0, 0.1) is 0 Å². The third-order valence-corrected chi connectivity index (χ3v) is 11.1. The molecule has 0 aliphatic heterocycles. The first-order valence-corrected chi connectivity index (χ1v) is 18.3. The highest BCUT2D eigenvalue weighted by atomic mass is 14.9. The van der Waals surface area contributed by atoms with Gasteiger partial charge in [0, 0.05) is 22.1 Å². The smallest absolute Gasteiger partial charge is 0.160 e. The van der Waals surface area contributed by atoms with Crippen LogP contribution in [0.4, 0.5) is 0 Å². The highest BCUT2D eigenvalue weighted by molar-refractivity contribution is 6.05. The summed E-state index contributed by atoms with van der Waals surface area (Å²) in [5.41, 5.74) is 15.0. The Kier molecular flexibility index (Phi) is 7.19. The molecular weight excluding hydrogens is 641 g/mol. The van der Waals surface area contributed by atoms with E-state index in [4.69, 9.17) is 9.97 Å². The van der Waals surface area contributed by atoms with Gasteiger partial charge < -0.3 is 0 Å². The number of hydrogen-bond donors (Lipinski definition) is 0. The van der Waals surface area contributed by atoms with Crippen LogP contribution in [0.5, 0.6) is 0 Å². The predicted octanol–water partition coefficient (Wildman–Crippen LogP) is 13.4. The predicted molar refractivity (Wildman–Crippen MR) is 222 cm³/mol. The van der Waals surface area contributed by atoms with Crippen LogP contribution < -0.4 is 0 Å². The van der Waals surface area contributed by atoms with Crippen molar-refractivity contribution < 1.29 is 0 Å². The molecule has 1 aromatic heterocycles. The van der Waals surface area contributed by atoms with E-state index in [0.29, 0.717) is 5.82 Å². The molecule has 0 saturated carbocycles. The van der Waals surface area contributed by atoms with Crippen LogP contribution in [0.25, 0.3) is 88.8 Å². The average molecular weight is 677 g/mol. The topological polar surface area (TPSA) is 25.8 Å². The lowest BCUT2D eigenvalue weighted by Gasteiger charge is -2.22. The van der Waals surface area contributed by atoms with E-state index in [1.54, 1.807) is 0 Å². The van der Waals surface area contributed by atoms with E-state index in [1.165, 1.54) is 54.9 Å².